The van der Waals surface area contributed by atoms with Crippen molar-refractivity contribution < 1.29 is 8.76 Å². The molecular formula is C6H9IO2S. The maximum Gasteiger partial charge on any atom is 0.152 e. The second-order valence-electron chi connectivity index (χ2n) is 1.75. The lowest BCUT2D eigenvalue weighted by Gasteiger charge is -1.90. The van der Waals surface area contributed by atoms with Crippen LogP contribution in [0.5, 0.6) is 0 Å². The Morgan fingerprint density at radius 1 is 1.50 bits per heavy atom. The summed E-state index contributed by atoms with van der Waals surface area (Å²) in [5, 5.41) is 0. The molecule has 58 valence electrons. The first-order valence-corrected chi connectivity index (χ1v) is 5.29. The summed E-state index contributed by atoms with van der Waals surface area (Å²) in [5.74, 6) is 3.26. The Balaban J connectivity index is 3.03. The molecule has 0 heterocycles. The Hall–Kier alpha value is 0.400. The lowest BCUT2D eigenvalue weighted by Crippen LogP contribution is -1.93. The zero-order valence-electron chi connectivity index (χ0n) is 5.47. The van der Waals surface area contributed by atoms with Crippen LogP contribution in [0.1, 0.15) is 19.3 Å². The summed E-state index contributed by atoms with van der Waals surface area (Å²) >= 11 is 0.361. The van der Waals surface area contributed by atoms with E-state index in [4.69, 9.17) is 4.55 Å². The third kappa shape index (κ3) is 8.40. The molecule has 0 aromatic heterocycles. The smallest absolute Gasteiger partial charge is 0.152 e. The van der Waals surface area contributed by atoms with Crippen LogP contribution < -0.4 is 0 Å². The van der Waals surface area contributed by atoms with Gasteiger partial charge in [-0.2, -0.15) is 0 Å². The first kappa shape index (κ1) is 10.4. The molecule has 4 heteroatoms. The molecule has 0 radical (unpaired) electrons. The average Bonchev–Trinajstić information content (AvgIpc) is 1.87. The van der Waals surface area contributed by atoms with Crippen molar-refractivity contribution in [1.29, 1.82) is 0 Å². The molecule has 0 fully saturated rings. The predicted octanol–water partition coefficient (Wildman–Crippen LogP) is 1.77. The topological polar surface area (TPSA) is 37.3 Å². The van der Waals surface area contributed by atoms with E-state index in [-0.39, 0.29) is 0 Å². The van der Waals surface area contributed by atoms with E-state index in [1.807, 2.05) is 22.6 Å². The SMILES string of the molecule is O=S(O)CCCCC#CI. The lowest BCUT2D eigenvalue weighted by atomic mass is 10.3. The lowest BCUT2D eigenvalue weighted by molar-refractivity contribution is 0.560. The van der Waals surface area contributed by atoms with Crippen molar-refractivity contribution in [3.63, 3.8) is 0 Å². The third-order valence-corrected chi connectivity index (χ3v) is 1.96. The van der Waals surface area contributed by atoms with Gasteiger partial charge in [0.15, 0.2) is 11.1 Å². The van der Waals surface area contributed by atoms with Crippen LogP contribution in [0, 0.1) is 9.85 Å². The monoisotopic (exact) mass is 272 g/mol. The summed E-state index contributed by atoms with van der Waals surface area (Å²) in [6, 6.07) is 0. The molecule has 0 amide bonds. The minimum absolute atomic E-state index is 0.378. The number of rotatable bonds is 4. The summed E-state index contributed by atoms with van der Waals surface area (Å²) < 4.78 is 21.2. The van der Waals surface area contributed by atoms with E-state index in [2.05, 4.69) is 9.85 Å². The zero-order valence-corrected chi connectivity index (χ0v) is 8.44. The quantitative estimate of drug-likeness (QED) is 0.366. The molecule has 0 aliphatic carbocycles. The molecule has 0 bridgehead atoms. The highest BCUT2D eigenvalue weighted by Crippen LogP contribution is 1.95. The first-order valence-electron chi connectivity index (χ1n) is 2.93. The van der Waals surface area contributed by atoms with Gasteiger partial charge in [-0.25, -0.2) is 4.21 Å². The number of hydrogen-bond acceptors (Lipinski definition) is 1. The molecule has 10 heavy (non-hydrogen) atoms. The summed E-state index contributed by atoms with van der Waals surface area (Å²) in [5.41, 5.74) is 0. The van der Waals surface area contributed by atoms with Crippen molar-refractivity contribution >= 4 is 33.7 Å². The van der Waals surface area contributed by atoms with Gasteiger partial charge in [0, 0.05) is 34.8 Å². The van der Waals surface area contributed by atoms with Crippen molar-refractivity contribution in [1.82, 2.24) is 0 Å². The van der Waals surface area contributed by atoms with Crippen LogP contribution in [0.2, 0.25) is 0 Å². The molecule has 1 atom stereocenters. The zero-order chi connectivity index (χ0) is 7.82. The van der Waals surface area contributed by atoms with E-state index in [1.54, 1.807) is 0 Å². The van der Waals surface area contributed by atoms with E-state index in [9.17, 15) is 4.21 Å². The molecule has 1 unspecified atom stereocenters. The fourth-order valence-corrected chi connectivity index (χ4v) is 1.21. The van der Waals surface area contributed by atoms with E-state index >= 15 is 0 Å². The first-order chi connectivity index (χ1) is 4.77. The van der Waals surface area contributed by atoms with Crippen molar-refractivity contribution in [3.05, 3.63) is 0 Å². The van der Waals surface area contributed by atoms with Crippen molar-refractivity contribution in [2.45, 2.75) is 19.3 Å². The van der Waals surface area contributed by atoms with E-state index in [1.165, 1.54) is 0 Å². The van der Waals surface area contributed by atoms with Crippen molar-refractivity contribution in [3.8, 4) is 9.85 Å². The van der Waals surface area contributed by atoms with Gasteiger partial charge in [0.25, 0.3) is 0 Å². The molecular weight excluding hydrogens is 263 g/mol. The van der Waals surface area contributed by atoms with Crippen LogP contribution in [-0.4, -0.2) is 14.5 Å². The molecule has 0 spiro atoms. The molecule has 0 rings (SSSR count). The van der Waals surface area contributed by atoms with Gasteiger partial charge in [0.2, 0.25) is 0 Å². The van der Waals surface area contributed by atoms with Crippen LogP contribution in [0.25, 0.3) is 0 Å². The standard InChI is InChI=1S/C6H9IO2S/c7-5-3-1-2-4-6-10(8)9/h1-2,4,6H2,(H,8,9). The summed E-state index contributed by atoms with van der Waals surface area (Å²) in [6.45, 7) is 0. The Labute approximate surface area is 77.2 Å². The molecule has 0 aromatic rings. The van der Waals surface area contributed by atoms with Gasteiger partial charge in [-0.15, -0.1) is 0 Å². The van der Waals surface area contributed by atoms with E-state index < -0.39 is 11.1 Å². The highest BCUT2D eigenvalue weighted by Gasteiger charge is 1.91. The second-order valence-corrected chi connectivity index (χ2v) is 3.34. The van der Waals surface area contributed by atoms with E-state index in [0.717, 1.165) is 19.3 Å². The molecule has 0 saturated heterocycles. The van der Waals surface area contributed by atoms with Crippen LogP contribution >= 0.6 is 22.6 Å². The molecule has 0 aliphatic rings. The van der Waals surface area contributed by atoms with Gasteiger partial charge in [0.1, 0.15) is 0 Å². The number of unbranched alkanes of at least 4 members (excludes halogenated alkanes) is 2. The normalized spacial score (nSPS) is 11.8. The number of halogens is 1. The molecule has 0 saturated carbocycles. The third-order valence-electron chi connectivity index (χ3n) is 0.938. The second kappa shape index (κ2) is 7.51. The maximum atomic E-state index is 10.1. The van der Waals surface area contributed by atoms with Crippen LogP contribution in [-0.2, 0) is 11.1 Å². The summed E-state index contributed by atoms with van der Waals surface area (Å²) in [4.78, 5) is 0. The fraction of sp³-hybridized carbons (Fsp3) is 0.667. The minimum atomic E-state index is -1.62. The predicted molar refractivity (Wildman–Crippen MR) is 51.3 cm³/mol. The molecule has 1 N–H and O–H groups in total. The molecule has 0 aliphatic heterocycles. The highest BCUT2D eigenvalue weighted by molar-refractivity contribution is 14.1. The van der Waals surface area contributed by atoms with Crippen LogP contribution in [0.15, 0.2) is 0 Å². The maximum absolute atomic E-state index is 10.1. The van der Waals surface area contributed by atoms with Gasteiger partial charge in [-0.1, -0.05) is 5.92 Å². The van der Waals surface area contributed by atoms with Crippen molar-refractivity contribution in [2.75, 3.05) is 5.75 Å². The summed E-state index contributed by atoms with van der Waals surface area (Å²) in [7, 11) is 0. The van der Waals surface area contributed by atoms with Gasteiger partial charge in [-0.3, -0.25) is 0 Å². The van der Waals surface area contributed by atoms with Gasteiger partial charge < -0.3 is 4.55 Å². The Morgan fingerprint density at radius 3 is 2.70 bits per heavy atom. The number of hydrogen-bond donors (Lipinski definition) is 1. The Morgan fingerprint density at radius 2 is 2.20 bits per heavy atom. The average molecular weight is 272 g/mol. The van der Waals surface area contributed by atoms with Gasteiger partial charge >= 0.3 is 0 Å². The van der Waals surface area contributed by atoms with Gasteiger partial charge in [-0.05, 0) is 16.8 Å². The minimum Gasteiger partial charge on any atom is -0.306 e. The fourth-order valence-electron chi connectivity index (χ4n) is 0.486. The highest BCUT2D eigenvalue weighted by atomic mass is 127. The molecule has 2 nitrogen and oxygen atoms in total. The van der Waals surface area contributed by atoms with Crippen molar-refractivity contribution in [2.24, 2.45) is 0 Å². The van der Waals surface area contributed by atoms with E-state index in [0.29, 0.717) is 5.75 Å². The van der Waals surface area contributed by atoms with Crippen LogP contribution in [0.3, 0.4) is 0 Å². The Bertz CT molecular complexity index is 159. The largest absolute Gasteiger partial charge is 0.306 e. The van der Waals surface area contributed by atoms with Gasteiger partial charge in [0.05, 0.1) is 0 Å². The molecule has 0 aromatic carbocycles. The Kier molecular flexibility index (Phi) is 7.81. The van der Waals surface area contributed by atoms with Crippen LogP contribution in [0.4, 0.5) is 0 Å². The summed E-state index contributed by atoms with van der Waals surface area (Å²) in [6.07, 6.45) is 2.54.